The number of nitrogens with one attached hydrogen (secondary N) is 1. The second-order valence-electron chi connectivity index (χ2n) is 2.82. The number of aromatic amines is 1. The Morgan fingerprint density at radius 3 is 2.83 bits per heavy atom. The molecule has 1 aromatic heterocycles. The van der Waals surface area contributed by atoms with E-state index in [4.69, 9.17) is 11.6 Å². The molecule has 0 amide bonds. The summed E-state index contributed by atoms with van der Waals surface area (Å²) in [5.74, 6) is 0. The third-order valence-corrected chi connectivity index (χ3v) is 2.44. The highest BCUT2D eigenvalue weighted by Gasteiger charge is 2.05. The quantitative estimate of drug-likeness (QED) is 0.691. The summed E-state index contributed by atoms with van der Waals surface area (Å²) in [6.07, 6.45) is 0.975. The van der Waals surface area contributed by atoms with E-state index in [1.807, 2.05) is 18.2 Å². The third-order valence-electron chi connectivity index (χ3n) is 2.12. The smallest absolute Gasteiger partial charge is 0.110 e. The highest BCUT2D eigenvalue weighted by molar-refractivity contribution is 6.31. The zero-order valence-electron chi connectivity index (χ0n) is 6.89. The Balaban J connectivity index is 2.81. The zero-order valence-corrected chi connectivity index (χ0v) is 7.65. The lowest BCUT2D eigenvalue weighted by Gasteiger charge is -1.92. The fraction of sp³-hybridized carbons (Fsp3) is 0.200. The number of hydrogen-bond donors (Lipinski definition) is 1. The molecule has 0 saturated carbocycles. The van der Waals surface area contributed by atoms with Gasteiger partial charge >= 0.3 is 0 Å². The molecule has 0 atom stereocenters. The molecule has 2 aromatic rings. The molecular weight excluding hydrogens is 170 g/mol. The van der Waals surface area contributed by atoms with Crippen LogP contribution in [-0.2, 0) is 6.42 Å². The van der Waals surface area contributed by atoms with Crippen molar-refractivity contribution in [3.8, 4) is 0 Å². The van der Waals surface area contributed by atoms with Gasteiger partial charge in [0.2, 0.25) is 0 Å². The van der Waals surface area contributed by atoms with Crippen molar-refractivity contribution in [2.24, 2.45) is 0 Å². The molecule has 2 rings (SSSR count). The summed E-state index contributed by atoms with van der Waals surface area (Å²) in [7, 11) is 0. The van der Waals surface area contributed by atoms with E-state index in [-0.39, 0.29) is 0 Å². The maximum absolute atomic E-state index is 6.01. The topological polar surface area (TPSA) is 15.8 Å². The highest BCUT2D eigenvalue weighted by Crippen LogP contribution is 2.25. The second-order valence-corrected chi connectivity index (χ2v) is 3.19. The summed E-state index contributed by atoms with van der Waals surface area (Å²) in [6, 6.07) is 8.18. The van der Waals surface area contributed by atoms with Crippen LogP contribution in [0, 0.1) is 0 Å². The van der Waals surface area contributed by atoms with Gasteiger partial charge in [0.05, 0.1) is 0 Å². The van der Waals surface area contributed by atoms with Crippen molar-refractivity contribution >= 4 is 22.5 Å². The minimum absolute atomic E-state index is 0.777. The van der Waals surface area contributed by atoms with Crippen LogP contribution < -0.4 is 0 Å². The number of para-hydroxylation sites is 1. The van der Waals surface area contributed by atoms with E-state index in [9.17, 15) is 0 Å². The number of benzene rings is 1. The number of halogens is 1. The number of aryl methyl sites for hydroxylation is 1. The van der Waals surface area contributed by atoms with Gasteiger partial charge in [-0.2, -0.15) is 0 Å². The Kier molecular flexibility index (Phi) is 1.81. The lowest BCUT2D eigenvalue weighted by molar-refractivity contribution is 1.15. The van der Waals surface area contributed by atoms with Gasteiger partial charge < -0.3 is 4.98 Å². The van der Waals surface area contributed by atoms with E-state index in [1.54, 1.807) is 0 Å². The van der Waals surface area contributed by atoms with Gasteiger partial charge in [-0.05, 0) is 18.1 Å². The zero-order chi connectivity index (χ0) is 8.55. The average molecular weight is 180 g/mol. The molecule has 0 radical (unpaired) electrons. The van der Waals surface area contributed by atoms with E-state index in [0.717, 1.165) is 17.1 Å². The van der Waals surface area contributed by atoms with Crippen molar-refractivity contribution in [1.29, 1.82) is 0 Å². The summed E-state index contributed by atoms with van der Waals surface area (Å²) in [6.45, 7) is 2.11. The molecule has 2 heteroatoms. The van der Waals surface area contributed by atoms with Crippen LogP contribution in [0.15, 0.2) is 24.3 Å². The Morgan fingerprint density at radius 2 is 2.08 bits per heavy atom. The molecule has 0 aliphatic rings. The molecule has 0 fully saturated rings. The molecule has 0 spiro atoms. The van der Waals surface area contributed by atoms with Crippen LogP contribution in [0.4, 0.5) is 0 Å². The van der Waals surface area contributed by atoms with Crippen LogP contribution in [0.25, 0.3) is 10.9 Å². The Labute approximate surface area is 76.4 Å². The van der Waals surface area contributed by atoms with E-state index in [1.165, 1.54) is 10.9 Å². The molecule has 0 unspecified atom stereocenters. The van der Waals surface area contributed by atoms with Crippen LogP contribution in [-0.4, -0.2) is 4.98 Å². The third kappa shape index (κ3) is 1.01. The van der Waals surface area contributed by atoms with Gasteiger partial charge in [-0.25, -0.2) is 0 Å². The average Bonchev–Trinajstić information content (AvgIpc) is 2.40. The largest absolute Gasteiger partial charge is 0.345 e. The number of fused-ring (bicyclic) bond motifs is 1. The van der Waals surface area contributed by atoms with Gasteiger partial charge in [-0.3, -0.25) is 0 Å². The lowest BCUT2D eigenvalue weighted by Crippen LogP contribution is -1.75. The van der Waals surface area contributed by atoms with Gasteiger partial charge in [-0.1, -0.05) is 36.7 Å². The Hall–Kier alpha value is -0.950. The van der Waals surface area contributed by atoms with Gasteiger partial charge in [0.25, 0.3) is 0 Å². The first kappa shape index (κ1) is 7.69. The summed E-state index contributed by atoms with van der Waals surface area (Å²) < 4.78 is 0. The van der Waals surface area contributed by atoms with Crippen molar-refractivity contribution in [3.05, 3.63) is 35.0 Å². The highest BCUT2D eigenvalue weighted by atomic mass is 35.5. The number of hydrogen-bond acceptors (Lipinski definition) is 0. The standard InChI is InChI=1S/C10H10ClN/c1-2-7-8-5-3-4-6-9(8)12-10(7)11/h3-6,12H,2H2,1H3. The van der Waals surface area contributed by atoms with Crippen LogP contribution in [0.5, 0.6) is 0 Å². The first-order valence-corrected chi connectivity index (χ1v) is 4.45. The monoisotopic (exact) mass is 179 g/mol. The van der Waals surface area contributed by atoms with Gasteiger partial charge in [0.15, 0.2) is 0 Å². The molecule has 1 heterocycles. The fourth-order valence-corrected chi connectivity index (χ4v) is 1.85. The minimum Gasteiger partial charge on any atom is -0.345 e. The normalized spacial score (nSPS) is 10.8. The van der Waals surface area contributed by atoms with Crippen LogP contribution in [0.2, 0.25) is 5.15 Å². The Bertz CT molecular complexity index is 403. The Morgan fingerprint density at radius 1 is 1.33 bits per heavy atom. The SMILES string of the molecule is CCc1c(Cl)[nH]c2ccccc12. The molecule has 0 aliphatic heterocycles. The van der Waals surface area contributed by atoms with Crippen molar-refractivity contribution in [1.82, 2.24) is 4.98 Å². The van der Waals surface area contributed by atoms with Crippen molar-refractivity contribution in [2.45, 2.75) is 13.3 Å². The molecule has 12 heavy (non-hydrogen) atoms. The van der Waals surface area contributed by atoms with E-state index < -0.39 is 0 Å². The maximum Gasteiger partial charge on any atom is 0.110 e. The maximum atomic E-state index is 6.01. The summed E-state index contributed by atoms with van der Waals surface area (Å²) in [5.41, 5.74) is 2.34. The summed E-state index contributed by atoms with van der Waals surface area (Å²) >= 11 is 6.01. The molecule has 0 aliphatic carbocycles. The predicted molar refractivity (Wildman–Crippen MR) is 52.7 cm³/mol. The van der Waals surface area contributed by atoms with Crippen molar-refractivity contribution in [2.75, 3.05) is 0 Å². The summed E-state index contributed by atoms with van der Waals surface area (Å²) in [4.78, 5) is 3.14. The number of rotatable bonds is 1. The van der Waals surface area contributed by atoms with Crippen LogP contribution >= 0.6 is 11.6 Å². The minimum atomic E-state index is 0.777. The second kappa shape index (κ2) is 2.83. The van der Waals surface area contributed by atoms with Crippen molar-refractivity contribution < 1.29 is 0 Å². The summed E-state index contributed by atoms with van der Waals surface area (Å²) in [5, 5.41) is 2.02. The molecule has 62 valence electrons. The number of aromatic nitrogens is 1. The molecule has 1 N–H and O–H groups in total. The lowest BCUT2D eigenvalue weighted by atomic mass is 10.1. The molecule has 1 aromatic carbocycles. The van der Waals surface area contributed by atoms with Gasteiger partial charge in [-0.15, -0.1) is 0 Å². The first-order valence-electron chi connectivity index (χ1n) is 4.08. The molecule has 1 nitrogen and oxygen atoms in total. The molecule has 0 bridgehead atoms. The first-order chi connectivity index (χ1) is 5.83. The van der Waals surface area contributed by atoms with E-state index >= 15 is 0 Å². The molecular formula is C10H10ClN. The van der Waals surface area contributed by atoms with Crippen LogP contribution in [0.1, 0.15) is 12.5 Å². The van der Waals surface area contributed by atoms with Gasteiger partial charge in [0.1, 0.15) is 5.15 Å². The van der Waals surface area contributed by atoms with E-state index in [2.05, 4.69) is 18.0 Å². The number of H-pyrrole nitrogens is 1. The van der Waals surface area contributed by atoms with E-state index in [0.29, 0.717) is 0 Å². The fourth-order valence-electron chi connectivity index (χ4n) is 1.51. The molecule has 0 saturated heterocycles. The van der Waals surface area contributed by atoms with Crippen molar-refractivity contribution in [3.63, 3.8) is 0 Å². The predicted octanol–water partition coefficient (Wildman–Crippen LogP) is 3.38. The van der Waals surface area contributed by atoms with Crippen LogP contribution in [0.3, 0.4) is 0 Å². The van der Waals surface area contributed by atoms with Gasteiger partial charge in [0, 0.05) is 10.9 Å².